The minimum absolute atomic E-state index is 0.00787. The molecule has 0 aromatic heterocycles. The SMILES string of the molecule is CCCCCCCCCCCCCC(=O)NCc1ccc(C(=O)N[C@@H](CC(N)=O)C(=O)O)cc1. The number of primary amides is 1. The number of nitrogens with one attached hydrogen (secondary N) is 2. The zero-order valence-corrected chi connectivity index (χ0v) is 20.4. The van der Waals surface area contributed by atoms with Crippen molar-refractivity contribution < 1.29 is 24.3 Å². The summed E-state index contributed by atoms with van der Waals surface area (Å²) in [6.07, 6.45) is 13.7. The molecule has 1 atom stereocenters. The molecule has 3 amide bonds. The molecule has 1 aromatic rings. The largest absolute Gasteiger partial charge is 0.480 e. The van der Waals surface area contributed by atoms with Crippen LogP contribution in [0.4, 0.5) is 0 Å². The molecule has 0 aliphatic heterocycles. The number of aliphatic carboxylic acids is 1. The lowest BCUT2D eigenvalue weighted by molar-refractivity contribution is -0.140. The number of benzene rings is 1. The molecule has 0 bridgehead atoms. The summed E-state index contributed by atoms with van der Waals surface area (Å²) in [6, 6.07) is 5.11. The van der Waals surface area contributed by atoms with Gasteiger partial charge in [0.15, 0.2) is 0 Å². The number of hydrogen-bond acceptors (Lipinski definition) is 4. The number of carboxylic acids is 1. The van der Waals surface area contributed by atoms with Gasteiger partial charge in [-0.3, -0.25) is 14.4 Å². The second-order valence-corrected chi connectivity index (χ2v) is 8.79. The summed E-state index contributed by atoms with van der Waals surface area (Å²) in [6.45, 7) is 2.59. The molecule has 0 saturated carbocycles. The van der Waals surface area contributed by atoms with E-state index < -0.39 is 30.2 Å². The molecule has 0 heterocycles. The highest BCUT2D eigenvalue weighted by atomic mass is 16.4. The average molecular weight is 476 g/mol. The van der Waals surface area contributed by atoms with Crippen molar-refractivity contribution in [3.8, 4) is 0 Å². The first-order valence-corrected chi connectivity index (χ1v) is 12.5. The molecule has 1 aromatic carbocycles. The van der Waals surface area contributed by atoms with Crippen LogP contribution in [-0.2, 0) is 20.9 Å². The topological polar surface area (TPSA) is 139 Å². The summed E-state index contributed by atoms with van der Waals surface area (Å²) in [4.78, 5) is 46.3. The Bertz CT molecular complexity index is 764. The summed E-state index contributed by atoms with van der Waals surface area (Å²) in [5.41, 5.74) is 6.10. The number of rotatable bonds is 19. The van der Waals surface area contributed by atoms with Crippen LogP contribution in [0, 0.1) is 0 Å². The van der Waals surface area contributed by atoms with Gasteiger partial charge in [-0.1, -0.05) is 83.3 Å². The van der Waals surface area contributed by atoms with Crippen LogP contribution in [0.2, 0.25) is 0 Å². The lowest BCUT2D eigenvalue weighted by Crippen LogP contribution is -2.43. The normalized spacial score (nSPS) is 11.6. The highest BCUT2D eigenvalue weighted by Crippen LogP contribution is 2.12. The molecule has 0 aliphatic carbocycles. The van der Waals surface area contributed by atoms with Crippen LogP contribution in [0.15, 0.2) is 24.3 Å². The highest BCUT2D eigenvalue weighted by molar-refractivity contribution is 5.97. The summed E-state index contributed by atoms with van der Waals surface area (Å²) in [5.74, 6) is -2.74. The van der Waals surface area contributed by atoms with E-state index in [1.165, 1.54) is 57.8 Å². The third-order valence-corrected chi connectivity index (χ3v) is 5.72. The van der Waals surface area contributed by atoms with Gasteiger partial charge in [-0.05, 0) is 24.1 Å². The second kappa shape index (κ2) is 17.6. The van der Waals surface area contributed by atoms with Crippen molar-refractivity contribution in [2.75, 3.05) is 0 Å². The third kappa shape index (κ3) is 13.6. The van der Waals surface area contributed by atoms with Gasteiger partial charge in [-0.25, -0.2) is 4.79 Å². The van der Waals surface area contributed by atoms with E-state index in [2.05, 4.69) is 17.6 Å². The zero-order chi connectivity index (χ0) is 25.2. The summed E-state index contributed by atoms with van der Waals surface area (Å²) in [7, 11) is 0. The molecule has 0 unspecified atom stereocenters. The fourth-order valence-corrected chi connectivity index (χ4v) is 3.66. The Balaban J connectivity index is 2.20. The number of unbranched alkanes of at least 4 members (excludes halogenated alkanes) is 10. The number of carbonyl (C=O) groups excluding carboxylic acids is 3. The second-order valence-electron chi connectivity index (χ2n) is 8.79. The first-order valence-electron chi connectivity index (χ1n) is 12.5. The Hall–Kier alpha value is -2.90. The van der Waals surface area contributed by atoms with E-state index in [0.29, 0.717) is 13.0 Å². The number of hydrogen-bond donors (Lipinski definition) is 4. The Labute approximate surface area is 203 Å². The van der Waals surface area contributed by atoms with Crippen LogP contribution in [-0.4, -0.2) is 34.8 Å². The van der Waals surface area contributed by atoms with Crippen molar-refractivity contribution in [3.05, 3.63) is 35.4 Å². The van der Waals surface area contributed by atoms with E-state index in [1.807, 2.05) is 0 Å². The minimum Gasteiger partial charge on any atom is -0.480 e. The molecule has 8 nitrogen and oxygen atoms in total. The maximum absolute atomic E-state index is 12.2. The van der Waals surface area contributed by atoms with Gasteiger partial charge in [0.2, 0.25) is 11.8 Å². The zero-order valence-electron chi connectivity index (χ0n) is 20.4. The Morgan fingerprint density at radius 2 is 1.38 bits per heavy atom. The fraction of sp³-hybridized carbons (Fsp3) is 0.615. The van der Waals surface area contributed by atoms with Crippen molar-refractivity contribution in [2.24, 2.45) is 5.73 Å². The van der Waals surface area contributed by atoms with E-state index in [-0.39, 0.29) is 11.5 Å². The molecular formula is C26H41N3O5. The van der Waals surface area contributed by atoms with E-state index in [4.69, 9.17) is 10.8 Å². The molecule has 0 saturated heterocycles. The van der Waals surface area contributed by atoms with Crippen LogP contribution in [0.5, 0.6) is 0 Å². The summed E-state index contributed by atoms with van der Waals surface area (Å²) in [5, 5.41) is 14.2. The van der Waals surface area contributed by atoms with Crippen molar-refractivity contribution in [1.82, 2.24) is 10.6 Å². The Morgan fingerprint density at radius 1 is 0.853 bits per heavy atom. The highest BCUT2D eigenvalue weighted by Gasteiger charge is 2.22. The molecule has 190 valence electrons. The monoisotopic (exact) mass is 475 g/mol. The van der Waals surface area contributed by atoms with Crippen LogP contribution in [0.3, 0.4) is 0 Å². The standard InChI is InChI=1S/C26H41N3O5/c1-2-3-4-5-6-7-8-9-10-11-12-13-24(31)28-19-20-14-16-21(17-15-20)25(32)29-22(26(33)34)18-23(27)30/h14-17,22H,2-13,18-19H2,1H3,(H2,27,30)(H,28,31)(H,29,32)(H,33,34)/t22-/m0/s1. The predicted octanol–water partition coefficient (Wildman–Crippen LogP) is 4.06. The van der Waals surface area contributed by atoms with Crippen LogP contribution >= 0.6 is 0 Å². The van der Waals surface area contributed by atoms with Gasteiger partial charge in [-0.15, -0.1) is 0 Å². The first-order chi connectivity index (χ1) is 16.3. The summed E-state index contributed by atoms with van der Waals surface area (Å²) >= 11 is 0. The number of carboxylic acid groups (broad SMARTS) is 1. The smallest absolute Gasteiger partial charge is 0.326 e. The molecule has 0 spiro atoms. The Morgan fingerprint density at radius 3 is 1.88 bits per heavy atom. The maximum atomic E-state index is 12.2. The van der Waals surface area contributed by atoms with Gasteiger partial charge in [0.05, 0.1) is 6.42 Å². The van der Waals surface area contributed by atoms with Gasteiger partial charge >= 0.3 is 5.97 Å². The predicted molar refractivity (Wildman–Crippen MR) is 132 cm³/mol. The van der Waals surface area contributed by atoms with Crippen molar-refractivity contribution in [1.29, 1.82) is 0 Å². The lowest BCUT2D eigenvalue weighted by atomic mass is 10.1. The molecule has 5 N–H and O–H groups in total. The van der Waals surface area contributed by atoms with Crippen LogP contribution in [0.25, 0.3) is 0 Å². The molecule has 0 aliphatic rings. The van der Waals surface area contributed by atoms with Gasteiger partial charge in [-0.2, -0.15) is 0 Å². The van der Waals surface area contributed by atoms with E-state index in [9.17, 15) is 19.2 Å². The summed E-state index contributed by atoms with van der Waals surface area (Å²) < 4.78 is 0. The van der Waals surface area contributed by atoms with Crippen LogP contribution < -0.4 is 16.4 Å². The molecule has 8 heteroatoms. The van der Waals surface area contributed by atoms with Gasteiger partial charge in [0, 0.05) is 18.5 Å². The molecule has 34 heavy (non-hydrogen) atoms. The minimum atomic E-state index is -1.38. The molecule has 1 rings (SSSR count). The van der Waals surface area contributed by atoms with Crippen molar-refractivity contribution >= 4 is 23.7 Å². The maximum Gasteiger partial charge on any atom is 0.326 e. The fourth-order valence-electron chi connectivity index (χ4n) is 3.66. The molecule has 0 radical (unpaired) electrons. The number of nitrogens with two attached hydrogens (primary N) is 1. The lowest BCUT2D eigenvalue weighted by Gasteiger charge is -2.13. The van der Waals surface area contributed by atoms with E-state index in [0.717, 1.165) is 18.4 Å². The first kappa shape index (κ1) is 29.1. The Kier molecular flexibility index (Phi) is 15.0. The van der Waals surface area contributed by atoms with Crippen LogP contribution in [0.1, 0.15) is 106 Å². The third-order valence-electron chi connectivity index (χ3n) is 5.72. The van der Waals surface area contributed by atoms with Crippen molar-refractivity contribution in [3.63, 3.8) is 0 Å². The van der Waals surface area contributed by atoms with Gasteiger partial charge in [0.25, 0.3) is 5.91 Å². The van der Waals surface area contributed by atoms with Gasteiger partial charge in [0.1, 0.15) is 6.04 Å². The molecule has 0 fully saturated rings. The van der Waals surface area contributed by atoms with E-state index >= 15 is 0 Å². The van der Waals surface area contributed by atoms with E-state index in [1.54, 1.807) is 24.3 Å². The number of carbonyl (C=O) groups is 4. The van der Waals surface area contributed by atoms with Crippen molar-refractivity contribution in [2.45, 2.75) is 103 Å². The number of amides is 3. The van der Waals surface area contributed by atoms with Gasteiger partial charge < -0.3 is 21.5 Å². The quantitative estimate of drug-likeness (QED) is 0.223. The average Bonchev–Trinajstić information content (AvgIpc) is 2.80. The molecular weight excluding hydrogens is 434 g/mol.